The van der Waals surface area contributed by atoms with Crippen molar-refractivity contribution in [2.75, 3.05) is 6.61 Å². The van der Waals surface area contributed by atoms with Crippen LogP contribution in [0.1, 0.15) is 64.9 Å². The fourth-order valence-corrected chi connectivity index (χ4v) is 2.91. The zero-order chi connectivity index (χ0) is 19.7. The molecule has 0 aliphatic carbocycles. The van der Waals surface area contributed by atoms with Crippen LogP contribution in [0.5, 0.6) is 5.75 Å². The lowest BCUT2D eigenvalue weighted by atomic mass is 10.1. The summed E-state index contributed by atoms with van der Waals surface area (Å²) in [5.74, 6) is 1.24. The summed E-state index contributed by atoms with van der Waals surface area (Å²) in [6.45, 7) is 7.07. The first-order valence-electron chi connectivity index (χ1n) is 9.77. The highest BCUT2D eigenvalue weighted by Gasteiger charge is 2.33. The molecule has 0 atom stereocenters. The molecule has 1 aromatic carbocycles. The zero-order valence-electron chi connectivity index (χ0n) is 16.8. The van der Waals surface area contributed by atoms with E-state index in [1.54, 1.807) is 0 Å². The number of ether oxygens (including phenoxy) is 1. The minimum absolute atomic E-state index is 0.157. The van der Waals surface area contributed by atoms with Crippen molar-refractivity contribution in [1.82, 2.24) is 5.06 Å². The van der Waals surface area contributed by atoms with E-state index in [0.29, 0.717) is 6.61 Å². The normalized spacial score (nSPS) is 16.0. The third-order valence-corrected chi connectivity index (χ3v) is 4.37. The number of benzene rings is 1. The number of hydroxylamine groups is 2. The van der Waals surface area contributed by atoms with Crippen LogP contribution < -0.4 is 16.2 Å². The molecule has 1 aromatic rings. The van der Waals surface area contributed by atoms with Crippen molar-refractivity contribution in [1.29, 1.82) is 0 Å². The number of guanidine groups is 2. The average molecular weight is 376 g/mol. The largest absolute Gasteiger partial charge is 0.494 e. The van der Waals surface area contributed by atoms with Gasteiger partial charge in [-0.15, -0.1) is 0 Å². The fourth-order valence-electron chi connectivity index (χ4n) is 2.91. The van der Waals surface area contributed by atoms with Gasteiger partial charge in [0.25, 0.3) is 0 Å². The van der Waals surface area contributed by atoms with E-state index in [0.717, 1.165) is 24.3 Å². The molecule has 150 valence electrons. The molecule has 1 heterocycles. The maximum absolute atomic E-state index is 5.91. The Morgan fingerprint density at radius 2 is 1.67 bits per heavy atom. The van der Waals surface area contributed by atoms with Crippen LogP contribution in [-0.2, 0) is 11.4 Å². The van der Waals surface area contributed by atoms with Gasteiger partial charge in [0.15, 0.2) is 5.66 Å². The predicted octanol–water partition coefficient (Wildman–Crippen LogP) is 3.54. The molecule has 0 saturated heterocycles. The summed E-state index contributed by atoms with van der Waals surface area (Å²) < 4.78 is 5.80. The summed E-state index contributed by atoms with van der Waals surface area (Å²) in [6.07, 6.45) is 7.56. The van der Waals surface area contributed by atoms with Gasteiger partial charge in [0.1, 0.15) is 12.4 Å². The first-order valence-corrected chi connectivity index (χ1v) is 9.77. The Kier molecular flexibility index (Phi) is 7.91. The molecular weight excluding hydrogens is 342 g/mol. The third-order valence-electron chi connectivity index (χ3n) is 4.37. The van der Waals surface area contributed by atoms with Gasteiger partial charge in [0, 0.05) is 0 Å². The molecule has 27 heavy (non-hydrogen) atoms. The van der Waals surface area contributed by atoms with E-state index in [9.17, 15) is 0 Å². The van der Waals surface area contributed by atoms with E-state index in [4.69, 9.17) is 21.0 Å². The summed E-state index contributed by atoms with van der Waals surface area (Å²) in [7, 11) is 0. The van der Waals surface area contributed by atoms with E-state index in [1.807, 2.05) is 38.1 Å². The van der Waals surface area contributed by atoms with E-state index in [2.05, 4.69) is 16.9 Å². The molecule has 7 nitrogen and oxygen atoms in total. The van der Waals surface area contributed by atoms with E-state index < -0.39 is 5.66 Å². The molecule has 0 amide bonds. The van der Waals surface area contributed by atoms with Gasteiger partial charge in [-0.2, -0.15) is 10.1 Å². The molecule has 2 rings (SSSR count). The number of nitrogens with zero attached hydrogens (tertiary/aromatic N) is 3. The van der Waals surface area contributed by atoms with Gasteiger partial charge in [-0.25, -0.2) is 4.99 Å². The second-order valence-corrected chi connectivity index (χ2v) is 7.26. The second-order valence-electron chi connectivity index (χ2n) is 7.26. The second kappa shape index (κ2) is 10.2. The van der Waals surface area contributed by atoms with Crippen LogP contribution in [-0.4, -0.2) is 29.3 Å². The van der Waals surface area contributed by atoms with Crippen molar-refractivity contribution >= 4 is 11.9 Å². The quantitative estimate of drug-likeness (QED) is 0.576. The van der Waals surface area contributed by atoms with Gasteiger partial charge in [-0.05, 0) is 38.0 Å². The van der Waals surface area contributed by atoms with Crippen molar-refractivity contribution in [3.05, 3.63) is 29.8 Å². The molecule has 4 N–H and O–H groups in total. The fraction of sp³-hybridized carbons (Fsp3) is 0.600. The van der Waals surface area contributed by atoms with Crippen molar-refractivity contribution < 1.29 is 9.57 Å². The molecule has 0 spiro atoms. The van der Waals surface area contributed by atoms with Crippen LogP contribution in [0.4, 0.5) is 0 Å². The third kappa shape index (κ3) is 6.75. The maximum Gasteiger partial charge on any atom is 0.226 e. The summed E-state index contributed by atoms with van der Waals surface area (Å²) >= 11 is 0. The molecule has 1 aliphatic heterocycles. The van der Waals surface area contributed by atoms with Crippen LogP contribution in [0.15, 0.2) is 34.3 Å². The first-order chi connectivity index (χ1) is 12.9. The van der Waals surface area contributed by atoms with Gasteiger partial charge in [-0.3, -0.25) is 4.84 Å². The lowest BCUT2D eigenvalue weighted by Gasteiger charge is -2.36. The van der Waals surface area contributed by atoms with E-state index >= 15 is 0 Å². The molecule has 0 unspecified atom stereocenters. The van der Waals surface area contributed by atoms with Crippen LogP contribution in [0.2, 0.25) is 0 Å². The Morgan fingerprint density at radius 3 is 2.33 bits per heavy atom. The van der Waals surface area contributed by atoms with Crippen molar-refractivity contribution in [3.63, 3.8) is 0 Å². The van der Waals surface area contributed by atoms with Gasteiger partial charge in [-0.1, -0.05) is 51.2 Å². The highest BCUT2D eigenvalue weighted by atomic mass is 16.7. The SMILES string of the molecule is CCCCCCCCOc1ccc(CON2C(N)=NC(N)=NC2(C)C)cc1. The van der Waals surface area contributed by atoms with E-state index in [-0.39, 0.29) is 11.9 Å². The lowest BCUT2D eigenvalue weighted by Crippen LogP contribution is -2.53. The Hall–Kier alpha value is -2.28. The lowest BCUT2D eigenvalue weighted by molar-refractivity contribution is -0.166. The molecule has 0 fully saturated rings. The van der Waals surface area contributed by atoms with Gasteiger partial charge >= 0.3 is 0 Å². The Morgan fingerprint density at radius 1 is 1.00 bits per heavy atom. The zero-order valence-corrected chi connectivity index (χ0v) is 16.8. The Labute approximate surface area is 162 Å². The number of rotatable bonds is 11. The number of hydrogen-bond acceptors (Lipinski definition) is 7. The van der Waals surface area contributed by atoms with Crippen LogP contribution >= 0.6 is 0 Å². The molecule has 7 heteroatoms. The summed E-state index contributed by atoms with van der Waals surface area (Å²) in [4.78, 5) is 14.0. The monoisotopic (exact) mass is 375 g/mol. The Balaban J connectivity index is 1.73. The molecule has 0 radical (unpaired) electrons. The summed E-state index contributed by atoms with van der Waals surface area (Å²) in [6, 6.07) is 7.90. The summed E-state index contributed by atoms with van der Waals surface area (Å²) in [5, 5.41) is 1.48. The summed E-state index contributed by atoms with van der Waals surface area (Å²) in [5.41, 5.74) is 11.9. The highest BCUT2D eigenvalue weighted by molar-refractivity contribution is 5.95. The van der Waals surface area contributed by atoms with Gasteiger partial charge < -0.3 is 16.2 Å². The van der Waals surface area contributed by atoms with Gasteiger partial charge in [0.05, 0.1) is 6.61 Å². The number of nitrogens with two attached hydrogens (primary N) is 2. The van der Waals surface area contributed by atoms with Gasteiger partial charge in [0.2, 0.25) is 11.9 Å². The minimum Gasteiger partial charge on any atom is -0.494 e. The highest BCUT2D eigenvalue weighted by Crippen LogP contribution is 2.21. The van der Waals surface area contributed by atoms with Crippen molar-refractivity contribution in [2.45, 2.75) is 71.6 Å². The number of unbranched alkanes of at least 4 members (excludes halogenated alkanes) is 5. The molecule has 0 aromatic heterocycles. The first kappa shape index (κ1) is 21.0. The molecule has 0 bridgehead atoms. The van der Waals surface area contributed by atoms with E-state index in [1.165, 1.54) is 37.2 Å². The standard InChI is InChI=1S/C20H33N5O2/c1-4-5-6-7-8-9-14-26-17-12-10-16(11-13-17)15-27-25-19(22)23-18(21)24-20(25,2)3/h10-13H,4-9,14-15H2,1-3H3,(H4,21,22,23,24). The number of hydrogen-bond donors (Lipinski definition) is 2. The van der Waals surface area contributed by atoms with Crippen LogP contribution in [0, 0.1) is 0 Å². The average Bonchev–Trinajstić information content (AvgIpc) is 2.60. The van der Waals surface area contributed by atoms with Crippen LogP contribution in [0.3, 0.4) is 0 Å². The topological polar surface area (TPSA) is 98.5 Å². The molecule has 1 aliphatic rings. The van der Waals surface area contributed by atoms with Crippen molar-refractivity contribution in [2.24, 2.45) is 21.5 Å². The molecule has 0 saturated carbocycles. The number of aliphatic imine (C=N–C) groups is 2. The predicted molar refractivity (Wildman–Crippen MR) is 109 cm³/mol. The maximum atomic E-state index is 5.91. The minimum atomic E-state index is -0.698. The van der Waals surface area contributed by atoms with Crippen LogP contribution in [0.25, 0.3) is 0 Å². The smallest absolute Gasteiger partial charge is 0.226 e. The van der Waals surface area contributed by atoms with Crippen molar-refractivity contribution in [3.8, 4) is 5.75 Å². The Bertz CT molecular complexity index is 640. The molecular formula is C20H33N5O2.